The van der Waals surface area contributed by atoms with Crippen molar-refractivity contribution in [1.29, 1.82) is 0 Å². The Labute approximate surface area is 90.2 Å². The highest BCUT2D eigenvalue weighted by atomic mass is 19.3. The zero-order valence-electron chi connectivity index (χ0n) is 8.42. The van der Waals surface area contributed by atoms with E-state index in [0.29, 0.717) is 5.69 Å². The molecule has 6 heteroatoms. The largest absolute Gasteiger partial charge is 0.465 e. The summed E-state index contributed by atoms with van der Waals surface area (Å²) in [5, 5.41) is 2.49. The van der Waals surface area contributed by atoms with Crippen LogP contribution in [0.25, 0.3) is 0 Å². The number of fused-ring (bicyclic) bond motifs is 1. The summed E-state index contributed by atoms with van der Waals surface area (Å²) >= 11 is 0. The maximum Gasteiger partial charge on any atom is 0.415 e. The van der Waals surface area contributed by atoms with Crippen LogP contribution in [0.5, 0.6) is 5.75 Å². The Morgan fingerprint density at radius 2 is 2.31 bits per heavy atom. The Morgan fingerprint density at radius 3 is 3.00 bits per heavy atom. The van der Waals surface area contributed by atoms with E-state index in [-0.39, 0.29) is 11.3 Å². The molecule has 0 amide bonds. The Balaban J connectivity index is 2.32. The van der Waals surface area contributed by atoms with E-state index in [1.807, 2.05) is 0 Å². The van der Waals surface area contributed by atoms with E-state index >= 15 is 0 Å². The van der Waals surface area contributed by atoms with Gasteiger partial charge in [-0.15, -0.1) is 0 Å². The van der Waals surface area contributed by atoms with Gasteiger partial charge in [-0.05, 0) is 18.2 Å². The van der Waals surface area contributed by atoms with Crippen LogP contribution in [0.2, 0.25) is 0 Å². The van der Waals surface area contributed by atoms with Gasteiger partial charge in [0.1, 0.15) is 12.3 Å². The van der Waals surface area contributed by atoms with Crippen LogP contribution in [0.1, 0.15) is 10.4 Å². The van der Waals surface area contributed by atoms with Gasteiger partial charge in [0, 0.05) is 0 Å². The summed E-state index contributed by atoms with van der Waals surface area (Å²) in [6.07, 6.45) is -3.22. The lowest BCUT2D eigenvalue weighted by molar-refractivity contribution is -0.166. The van der Waals surface area contributed by atoms with Crippen LogP contribution in [0.15, 0.2) is 18.2 Å². The van der Waals surface area contributed by atoms with E-state index < -0.39 is 18.6 Å². The summed E-state index contributed by atoms with van der Waals surface area (Å²) in [6, 6.07) is 4.09. The molecule has 0 unspecified atom stereocenters. The smallest absolute Gasteiger partial charge is 0.415 e. The average molecular weight is 229 g/mol. The number of halogens is 2. The Kier molecular flexibility index (Phi) is 2.41. The van der Waals surface area contributed by atoms with Crippen molar-refractivity contribution in [2.24, 2.45) is 0 Å². The molecule has 0 aliphatic carbocycles. The van der Waals surface area contributed by atoms with E-state index in [2.05, 4.69) is 14.8 Å². The lowest BCUT2D eigenvalue weighted by Gasteiger charge is -2.26. The van der Waals surface area contributed by atoms with E-state index in [9.17, 15) is 13.6 Å². The van der Waals surface area contributed by atoms with Gasteiger partial charge in [0.05, 0.1) is 18.4 Å². The fourth-order valence-corrected chi connectivity index (χ4v) is 1.40. The number of alkyl halides is 2. The molecule has 4 nitrogen and oxygen atoms in total. The molecule has 1 aliphatic rings. The molecule has 86 valence electrons. The molecule has 2 rings (SSSR count). The third-order valence-electron chi connectivity index (χ3n) is 2.14. The minimum Gasteiger partial charge on any atom is -0.465 e. The lowest BCUT2D eigenvalue weighted by Crippen LogP contribution is -2.37. The summed E-state index contributed by atoms with van der Waals surface area (Å²) in [5.41, 5.74) is 0.636. The number of hydrogen-bond donors (Lipinski definition) is 1. The maximum atomic E-state index is 12.8. The quantitative estimate of drug-likeness (QED) is 0.747. The van der Waals surface area contributed by atoms with Crippen molar-refractivity contribution in [2.45, 2.75) is 6.11 Å². The van der Waals surface area contributed by atoms with Gasteiger partial charge < -0.3 is 14.8 Å². The molecule has 0 fully saturated rings. The average Bonchev–Trinajstić information content (AvgIpc) is 2.26. The summed E-state index contributed by atoms with van der Waals surface area (Å²) < 4.78 is 34.6. The van der Waals surface area contributed by atoms with Crippen molar-refractivity contribution >= 4 is 11.7 Å². The molecule has 0 atom stereocenters. The molecule has 1 aromatic carbocycles. The number of anilines is 1. The number of carbonyl (C=O) groups is 1. The minimum absolute atomic E-state index is 0.0175. The van der Waals surface area contributed by atoms with Gasteiger partial charge in [0.25, 0.3) is 0 Å². The third-order valence-corrected chi connectivity index (χ3v) is 2.14. The van der Waals surface area contributed by atoms with Gasteiger partial charge in [-0.2, -0.15) is 8.78 Å². The molecule has 16 heavy (non-hydrogen) atoms. The second-order valence-electron chi connectivity index (χ2n) is 3.30. The van der Waals surface area contributed by atoms with Crippen molar-refractivity contribution in [2.75, 3.05) is 19.0 Å². The molecule has 0 saturated carbocycles. The number of hydrogen-bond acceptors (Lipinski definition) is 4. The number of esters is 1. The second-order valence-corrected chi connectivity index (χ2v) is 3.30. The van der Waals surface area contributed by atoms with Gasteiger partial charge in [-0.3, -0.25) is 0 Å². The third kappa shape index (κ3) is 1.91. The molecule has 0 spiro atoms. The number of nitrogens with one attached hydrogen (secondary N) is 1. The number of ether oxygens (including phenoxy) is 2. The minimum atomic E-state index is -3.22. The van der Waals surface area contributed by atoms with E-state index in [1.165, 1.54) is 25.3 Å². The fourth-order valence-electron chi connectivity index (χ4n) is 1.40. The van der Waals surface area contributed by atoms with Crippen LogP contribution < -0.4 is 10.1 Å². The molecule has 1 heterocycles. The Hall–Kier alpha value is -1.85. The van der Waals surface area contributed by atoms with E-state index in [4.69, 9.17) is 0 Å². The number of benzene rings is 1. The zero-order valence-corrected chi connectivity index (χ0v) is 8.42. The highest BCUT2D eigenvalue weighted by Crippen LogP contribution is 2.34. The summed E-state index contributed by atoms with van der Waals surface area (Å²) in [5.74, 6) is -0.508. The summed E-state index contributed by atoms with van der Waals surface area (Å²) in [4.78, 5) is 11.2. The molecule has 0 aromatic heterocycles. The lowest BCUT2D eigenvalue weighted by atomic mass is 10.1. The Bertz CT molecular complexity index is 434. The molecule has 0 radical (unpaired) electrons. The predicted molar refractivity (Wildman–Crippen MR) is 51.8 cm³/mol. The molecule has 0 saturated heterocycles. The molecular formula is C10H9F2NO3. The monoisotopic (exact) mass is 229 g/mol. The van der Waals surface area contributed by atoms with Crippen molar-refractivity contribution < 1.29 is 23.0 Å². The first kappa shape index (κ1) is 10.7. The summed E-state index contributed by atoms with van der Waals surface area (Å²) in [6.45, 7) is -0.620. The number of carbonyl (C=O) groups excluding carboxylic acids is 1. The molecule has 1 aromatic rings. The first-order valence-corrected chi connectivity index (χ1v) is 4.55. The van der Waals surface area contributed by atoms with Crippen molar-refractivity contribution in [3.8, 4) is 5.75 Å². The number of methoxy groups -OCH3 is 1. The molecule has 1 aliphatic heterocycles. The van der Waals surface area contributed by atoms with Crippen molar-refractivity contribution in [3.63, 3.8) is 0 Å². The first-order chi connectivity index (χ1) is 7.52. The first-order valence-electron chi connectivity index (χ1n) is 4.55. The van der Waals surface area contributed by atoms with E-state index in [0.717, 1.165) is 0 Å². The van der Waals surface area contributed by atoms with Crippen LogP contribution in [0.4, 0.5) is 14.5 Å². The highest BCUT2D eigenvalue weighted by Gasteiger charge is 2.36. The van der Waals surface area contributed by atoms with Gasteiger partial charge in [-0.1, -0.05) is 0 Å². The maximum absolute atomic E-state index is 12.8. The normalized spacial score (nSPS) is 16.7. The van der Waals surface area contributed by atoms with Gasteiger partial charge >= 0.3 is 12.1 Å². The van der Waals surface area contributed by atoms with Gasteiger partial charge in [0.15, 0.2) is 0 Å². The highest BCUT2D eigenvalue weighted by molar-refractivity contribution is 5.91. The molecular weight excluding hydrogens is 220 g/mol. The van der Waals surface area contributed by atoms with Crippen LogP contribution in [0.3, 0.4) is 0 Å². The van der Waals surface area contributed by atoms with Crippen molar-refractivity contribution in [1.82, 2.24) is 0 Å². The molecule has 1 N–H and O–H groups in total. The van der Waals surface area contributed by atoms with Crippen LogP contribution in [-0.4, -0.2) is 25.7 Å². The SMILES string of the molecule is COC(=O)c1ccc2c(c1)NCC(F)(F)O2. The second kappa shape index (κ2) is 3.62. The predicted octanol–water partition coefficient (Wildman–Crippen LogP) is 1.87. The fraction of sp³-hybridized carbons (Fsp3) is 0.300. The van der Waals surface area contributed by atoms with E-state index in [1.54, 1.807) is 0 Å². The summed E-state index contributed by atoms with van der Waals surface area (Å²) in [7, 11) is 1.25. The topological polar surface area (TPSA) is 47.6 Å². The van der Waals surface area contributed by atoms with Gasteiger partial charge in [-0.25, -0.2) is 4.79 Å². The zero-order chi connectivity index (χ0) is 11.8. The van der Waals surface area contributed by atoms with Crippen molar-refractivity contribution in [3.05, 3.63) is 23.8 Å². The number of rotatable bonds is 1. The van der Waals surface area contributed by atoms with Gasteiger partial charge in [0.2, 0.25) is 0 Å². The molecule has 0 bridgehead atoms. The van der Waals surface area contributed by atoms with Crippen LogP contribution in [0, 0.1) is 0 Å². The van der Waals surface area contributed by atoms with Crippen LogP contribution >= 0.6 is 0 Å². The Morgan fingerprint density at radius 1 is 1.56 bits per heavy atom. The van der Waals surface area contributed by atoms with Crippen LogP contribution in [-0.2, 0) is 4.74 Å². The standard InChI is InChI=1S/C10H9F2NO3/c1-15-9(14)6-2-3-8-7(4-6)13-5-10(11,12)16-8/h2-4,13H,5H2,1H3.